The van der Waals surface area contributed by atoms with Crippen LogP contribution in [-0.2, 0) is 17.7 Å². The third kappa shape index (κ3) is 4.38. The zero-order valence-electron chi connectivity index (χ0n) is 17.8. The average molecular weight is 432 g/mol. The van der Waals surface area contributed by atoms with E-state index in [-0.39, 0.29) is 22.9 Å². The zero-order chi connectivity index (χ0) is 21.1. The van der Waals surface area contributed by atoms with Crippen molar-refractivity contribution in [2.24, 2.45) is 0 Å². The number of hydrogen-bond acceptors (Lipinski definition) is 6. The van der Waals surface area contributed by atoms with Crippen LogP contribution in [0.5, 0.6) is 0 Å². The molecule has 2 aromatic heterocycles. The van der Waals surface area contributed by atoms with E-state index < -0.39 is 0 Å². The predicted octanol–water partition coefficient (Wildman–Crippen LogP) is 3.26. The van der Waals surface area contributed by atoms with Gasteiger partial charge in [0.15, 0.2) is 6.23 Å². The number of anilines is 1. The number of aryl methyl sites for hydroxylation is 1. The molecule has 30 heavy (non-hydrogen) atoms. The van der Waals surface area contributed by atoms with Crippen molar-refractivity contribution >= 4 is 17.3 Å². The van der Waals surface area contributed by atoms with Gasteiger partial charge in [0, 0.05) is 50.7 Å². The summed E-state index contributed by atoms with van der Waals surface area (Å²) in [5, 5.41) is 4.65. The maximum Gasteiger partial charge on any atom is 0.290 e. The predicted molar refractivity (Wildman–Crippen MR) is 118 cm³/mol. The number of nitrogens with zero attached hydrogens (tertiary/aromatic N) is 5. The summed E-state index contributed by atoms with van der Waals surface area (Å²) in [6.07, 6.45) is 7.08. The average Bonchev–Trinajstić information content (AvgIpc) is 2.77. The summed E-state index contributed by atoms with van der Waals surface area (Å²) in [6, 6.07) is 4.39. The summed E-state index contributed by atoms with van der Waals surface area (Å²) in [7, 11) is 0. The molecule has 2 aliphatic heterocycles. The van der Waals surface area contributed by atoms with E-state index in [2.05, 4.69) is 39.8 Å². The molecule has 2 aliphatic rings. The Hall–Kier alpha value is -1.96. The lowest BCUT2D eigenvalue weighted by Gasteiger charge is -2.41. The molecule has 4 heterocycles. The van der Waals surface area contributed by atoms with E-state index in [1.54, 1.807) is 6.20 Å². The SMILES string of the molecule is CCc1ncccc1CN1CCN(c2cnn(C3CCCCO3)c(=O)c2Cl)[C@H](C)C1. The van der Waals surface area contributed by atoms with Crippen LogP contribution < -0.4 is 10.5 Å². The van der Waals surface area contributed by atoms with Crippen LogP contribution in [0, 0.1) is 0 Å². The first-order valence-corrected chi connectivity index (χ1v) is 11.3. The second-order valence-electron chi connectivity index (χ2n) is 8.16. The van der Waals surface area contributed by atoms with Crippen molar-refractivity contribution in [3.05, 3.63) is 51.2 Å². The maximum absolute atomic E-state index is 12.9. The minimum Gasteiger partial charge on any atom is -0.364 e. The normalized spacial score (nSPS) is 23.0. The first kappa shape index (κ1) is 21.3. The van der Waals surface area contributed by atoms with Crippen molar-refractivity contribution in [2.75, 3.05) is 31.1 Å². The summed E-state index contributed by atoms with van der Waals surface area (Å²) < 4.78 is 7.12. The van der Waals surface area contributed by atoms with Gasteiger partial charge in [0.05, 0.1) is 11.9 Å². The lowest BCUT2D eigenvalue weighted by molar-refractivity contribution is -0.0424. The summed E-state index contributed by atoms with van der Waals surface area (Å²) in [4.78, 5) is 22.0. The lowest BCUT2D eigenvalue weighted by Crippen LogP contribution is -2.52. The van der Waals surface area contributed by atoms with Crippen molar-refractivity contribution in [3.63, 3.8) is 0 Å². The molecule has 4 rings (SSSR count). The van der Waals surface area contributed by atoms with E-state index in [0.717, 1.165) is 63.2 Å². The number of piperazine rings is 1. The molecule has 0 saturated carbocycles. The van der Waals surface area contributed by atoms with Gasteiger partial charge in [0.2, 0.25) is 0 Å². The third-order valence-corrected chi connectivity index (χ3v) is 6.44. The number of halogens is 1. The fourth-order valence-electron chi connectivity index (χ4n) is 4.47. The number of pyridine rings is 1. The van der Waals surface area contributed by atoms with Crippen LogP contribution in [0.1, 0.15) is 50.6 Å². The Morgan fingerprint density at radius 3 is 2.90 bits per heavy atom. The molecule has 1 unspecified atom stereocenters. The minimum absolute atomic E-state index is 0.223. The van der Waals surface area contributed by atoms with E-state index in [1.807, 2.05) is 12.3 Å². The third-order valence-electron chi connectivity index (χ3n) is 6.09. The fourth-order valence-corrected chi connectivity index (χ4v) is 4.71. The number of aromatic nitrogens is 3. The van der Waals surface area contributed by atoms with Gasteiger partial charge in [-0.05, 0) is 44.2 Å². The summed E-state index contributed by atoms with van der Waals surface area (Å²) >= 11 is 6.53. The van der Waals surface area contributed by atoms with E-state index in [1.165, 1.54) is 10.2 Å². The molecule has 0 spiro atoms. The Balaban J connectivity index is 1.47. The number of hydrogen-bond donors (Lipinski definition) is 0. The second kappa shape index (κ2) is 9.45. The van der Waals surface area contributed by atoms with E-state index in [0.29, 0.717) is 6.61 Å². The Morgan fingerprint density at radius 2 is 2.17 bits per heavy atom. The Morgan fingerprint density at radius 1 is 1.30 bits per heavy atom. The van der Waals surface area contributed by atoms with Crippen molar-refractivity contribution in [1.82, 2.24) is 19.7 Å². The Labute approximate surface area is 182 Å². The van der Waals surface area contributed by atoms with E-state index in [4.69, 9.17) is 16.3 Å². The van der Waals surface area contributed by atoms with Gasteiger partial charge in [-0.15, -0.1) is 0 Å². The molecule has 2 fully saturated rings. The van der Waals surface area contributed by atoms with Crippen LogP contribution in [-0.4, -0.2) is 51.9 Å². The molecule has 2 aromatic rings. The van der Waals surface area contributed by atoms with Crippen molar-refractivity contribution in [1.29, 1.82) is 0 Å². The highest BCUT2D eigenvalue weighted by Crippen LogP contribution is 2.28. The molecule has 0 aliphatic carbocycles. The fraction of sp³-hybridized carbons (Fsp3) is 0.591. The molecule has 0 radical (unpaired) electrons. The van der Waals surface area contributed by atoms with Crippen LogP contribution >= 0.6 is 11.6 Å². The molecule has 0 amide bonds. The number of ether oxygens (including phenoxy) is 1. The van der Waals surface area contributed by atoms with Crippen molar-refractivity contribution in [3.8, 4) is 0 Å². The van der Waals surface area contributed by atoms with Gasteiger partial charge in [-0.1, -0.05) is 24.6 Å². The molecule has 2 atom stereocenters. The molecule has 2 saturated heterocycles. The molecule has 0 aromatic carbocycles. The van der Waals surface area contributed by atoms with E-state index >= 15 is 0 Å². The smallest absolute Gasteiger partial charge is 0.290 e. The molecular weight excluding hydrogens is 402 g/mol. The summed E-state index contributed by atoms with van der Waals surface area (Å²) in [5.74, 6) is 0. The molecule has 7 nitrogen and oxygen atoms in total. The van der Waals surface area contributed by atoms with Crippen molar-refractivity contribution in [2.45, 2.75) is 58.3 Å². The first-order valence-electron chi connectivity index (χ1n) is 10.9. The zero-order valence-corrected chi connectivity index (χ0v) is 18.5. The van der Waals surface area contributed by atoms with Crippen LogP contribution in [0.4, 0.5) is 5.69 Å². The van der Waals surface area contributed by atoms with Gasteiger partial charge in [-0.3, -0.25) is 14.7 Å². The van der Waals surface area contributed by atoms with Crippen molar-refractivity contribution < 1.29 is 4.74 Å². The largest absolute Gasteiger partial charge is 0.364 e. The van der Waals surface area contributed by atoms with Crippen LogP contribution in [0.25, 0.3) is 0 Å². The van der Waals surface area contributed by atoms with E-state index in [9.17, 15) is 4.79 Å². The van der Waals surface area contributed by atoms with Gasteiger partial charge in [-0.2, -0.15) is 9.78 Å². The molecule has 8 heteroatoms. The molecular formula is C22H30ClN5O2. The molecule has 0 N–H and O–H groups in total. The molecule has 0 bridgehead atoms. The Bertz CT molecular complexity index is 928. The lowest BCUT2D eigenvalue weighted by atomic mass is 10.1. The highest BCUT2D eigenvalue weighted by Gasteiger charge is 2.28. The maximum atomic E-state index is 12.9. The van der Waals surface area contributed by atoms with Crippen LogP contribution in [0.3, 0.4) is 0 Å². The highest BCUT2D eigenvalue weighted by atomic mass is 35.5. The summed E-state index contributed by atoms with van der Waals surface area (Å²) in [5.41, 5.74) is 2.90. The van der Waals surface area contributed by atoms with Gasteiger partial charge in [0.1, 0.15) is 5.02 Å². The second-order valence-corrected chi connectivity index (χ2v) is 8.53. The minimum atomic E-state index is -0.306. The highest BCUT2D eigenvalue weighted by molar-refractivity contribution is 6.33. The Kier molecular flexibility index (Phi) is 6.71. The quantitative estimate of drug-likeness (QED) is 0.724. The number of rotatable bonds is 5. The van der Waals surface area contributed by atoms with Gasteiger partial charge < -0.3 is 9.64 Å². The van der Waals surface area contributed by atoms with Gasteiger partial charge >= 0.3 is 0 Å². The van der Waals surface area contributed by atoms with Gasteiger partial charge in [0.25, 0.3) is 5.56 Å². The summed E-state index contributed by atoms with van der Waals surface area (Å²) in [6.45, 7) is 8.45. The molecule has 162 valence electrons. The standard InChI is InChI=1S/C22H30ClN5O2/c1-3-18-17(7-6-9-24-18)15-26-10-11-27(16(2)14-26)19-13-25-28(22(29)21(19)23)20-8-4-5-12-30-20/h6-7,9,13,16,20H,3-5,8,10-12,14-15H2,1-2H3/t16-,20?/m1/s1. The van der Waals surface area contributed by atoms with Crippen LogP contribution in [0.15, 0.2) is 29.3 Å². The van der Waals surface area contributed by atoms with Crippen LogP contribution in [0.2, 0.25) is 5.02 Å². The first-order chi connectivity index (χ1) is 14.6. The van der Waals surface area contributed by atoms with Gasteiger partial charge in [-0.25, -0.2) is 0 Å². The topological polar surface area (TPSA) is 63.5 Å². The monoisotopic (exact) mass is 431 g/mol.